The van der Waals surface area contributed by atoms with E-state index in [1.807, 2.05) is 19.2 Å². The summed E-state index contributed by atoms with van der Waals surface area (Å²) in [5.41, 5.74) is 1.92. The Labute approximate surface area is 138 Å². The Morgan fingerprint density at radius 3 is 2.59 bits per heavy atom. The molecule has 0 bridgehead atoms. The average molecular weight is 341 g/mol. The molecule has 2 rings (SSSR count). The van der Waals surface area contributed by atoms with Crippen molar-refractivity contribution in [2.45, 2.75) is 18.5 Å². The monoisotopic (exact) mass is 340 g/mol. The first-order valence-electron chi connectivity index (χ1n) is 6.55. The molecule has 0 atom stereocenters. The van der Waals surface area contributed by atoms with E-state index < -0.39 is 0 Å². The van der Waals surface area contributed by atoms with Gasteiger partial charge in [0.25, 0.3) is 5.56 Å². The number of ether oxygens (including phenoxy) is 2. The van der Waals surface area contributed by atoms with Gasteiger partial charge >= 0.3 is 0 Å². The van der Waals surface area contributed by atoms with Crippen LogP contribution in [0, 0.1) is 6.92 Å². The highest BCUT2D eigenvalue weighted by Crippen LogP contribution is 2.37. The summed E-state index contributed by atoms with van der Waals surface area (Å²) in [5.74, 6) is 1.02. The predicted molar refractivity (Wildman–Crippen MR) is 88.7 cm³/mol. The summed E-state index contributed by atoms with van der Waals surface area (Å²) in [6.45, 7) is 1.82. The van der Waals surface area contributed by atoms with Gasteiger partial charge in [-0.05, 0) is 24.8 Å². The maximum atomic E-state index is 12.2. The molecule has 0 aliphatic carbocycles. The number of aryl methyl sites for hydroxylation is 1. The van der Waals surface area contributed by atoms with Crippen molar-refractivity contribution in [1.29, 1.82) is 0 Å². The zero-order valence-electron chi connectivity index (χ0n) is 12.8. The van der Waals surface area contributed by atoms with Crippen LogP contribution >= 0.6 is 23.4 Å². The van der Waals surface area contributed by atoms with Gasteiger partial charge in [-0.15, -0.1) is 0 Å². The molecule has 118 valence electrons. The third-order valence-corrected chi connectivity index (χ3v) is 4.32. The maximum absolute atomic E-state index is 12.2. The van der Waals surface area contributed by atoms with Crippen LogP contribution < -0.4 is 15.0 Å². The lowest BCUT2D eigenvalue weighted by Gasteiger charge is -2.13. The van der Waals surface area contributed by atoms with E-state index in [4.69, 9.17) is 21.1 Å². The first-order chi connectivity index (χ1) is 10.5. The smallest absolute Gasteiger partial charge is 0.255 e. The Bertz CT molecular complexity index is 746. The largest absolute Gasteiger partial charge is 0.493 e. The van der Waals surface area contributed by atoms with Crippen molar-refractivity contribution in [3.63, 3.8) is 0 Å². The molecule has 0 aliphatic rings. The number of H-pyrrole nitrogens is 1. The molecular formula is C15H17ClN2O3S. The van der Waals surface area contributed by atoms with Gasteiger partial charge in [0.15, 0.2) is 16.7 Å². The highest BCUT2D eigenvalue weighted by molar-refractivity contribution is 7.98. The minimum absolute atomic E-state index is 0.150. The van der Waals surface area contributed by atoms with E-state index in [1.165, 1.54) is 18.9 Å². The van der Waals surface area contributed by atoms with E-state index in [1.54, 1.807) is 13.2 Å². The van der Waals surface area contributed by atoms with Crippen LogP contribution in [-0.4, -0.2) is 30.4 Å². The molecule has 1 aromatic heterocycles. The van der Waals surface area contributed by atoms with Crippen molar-refractivity contribution < 1.29 is 9.47 Å². The normalized spacial score (nSPS) is 10.6. The average Bonchev–Trinajstić information content (AvgIpc) is 2.51. The number of methoxy groups -OCH3 is 2. The van der Waals surface area contributed by atoms with Crippen molar-refractivity contribution >= 4 is 23.4 Å². The van der Waals surface area contributed by atoms with E-state index in [0.717, 1.165) is 5.56 Å². The molecule has 7 heteroatoms. The second-order valence-corrected chi connectivity index (χ2v) is 5.76. The van der Waals surface area contributed by atoms with Gasteiger partial charge in [0.2, 0.25) is 0 Å². The lowest BCUT2D eigenvalue weighted by Crippen LogP contribution is -2.17. The van der Waals surface area contributed by atoms with E-state index in [2.05, 4.69) is 9.97 Å². The number of aromatic amines is 1. The molecular weight excluding hydrogens is 324 g/mol. The summed E-state index contributed by atoms with van der Waals surface area (Å²) in [4.78, 5) is 19.3. The van der Waals surface area contributed by atoms with Crippen molar-refractivity contribution in [2.75, 3.05) is 20.5 Å². The van der Waals surface area contributed by atoms with Gasteiger partial charge in [0.1, 0.15) is 0 Å². The summed E-state index contributed by atoms with van der Waals surface area (Å²) in [7, 11) is 3.08. The molecule has 0 amide bonds. The lowest BCUT2D eigenvalue weighted by atomic mass is 10.0. The molecule has 1 aromatic carbocycles. The maximum Gasteiger partial charge on any atom is 0.255 e. The van der Waals surface area contributed by atoms with E-state index in [-0.39, 0.29) is 5.56 Å². The summed E-state index contributed by atoms with van der Waals surface area (Å²) in [6.07, 6.45) is 2.24. The van der Waals surface area contributed by atoms with Gasteiger partial charge in [-0.2, -0.15) is 0 Å². The first kappa shape index (κ1) is 16.7. The molecule has 0 radical (unpaired) electrons. The number of benzene rings is 1. The number of rotatable bonds is 5. The number of thioether (sulfide) groups is 1. The minimum Gasteiger partial charge on any atom is -0.493 e. The quantitative estimate of drug-likeness (QED) is 0.669. The lowest BCUT2D eigenvalue weighted by molar-refractivity contribution is 0.355. The minimum atomic E-state index is -0.150. The Morgan fingerprint density at radius 1 is 1.32 bits per heavy atom. The zero-order valence-corrected chi connectivity index (χ0v) is 14.4. The van der Waals surface area contributed by atoms with E-state index >= 15 is 0 Å². The highest BCUT2D eigenvalue weighted by Gasteiger charge is 2.16. The Kier molecular flexibility index (Phi) is 5.37. The van der Waals surface area contributed by atoms with Crippen molar-refractivity contribution in [3.8, 4) is 11.5 Å². The fourth-order valence-electron chi connectivity index (χ4n) is 2.15. The fraction of sp³-hybridized carbons (Fsp3) is 0.333. The van der Waals surface area contributed by atoms with Crippen LogP contribution in [0.2, 0.25) is 5.02 Å². The van der Waals surface area contributed by atoms with Crippen LogP contribution in [0.25, 0.3) is 0 Å². The Morgan fingerprint density at radius 2 is 2.05 bits per heavy atom. The van der Waals surface area contributed by atoms with Gasteiger partial charge in [-0.25, -0.2) is 4.98 Å². The summed E-state index contributed by atoms with van der Waals surface area (Å²) >= 11 is 7.76. The highest BCUT2D eigenvalue weighted by atomic mass is 35.5. The second kappa shape index (κ2) is 7.07. The van der Waals surface area contributed by atoms with Crippen LogP contribution in [-0.2, 0) is 6.42 Å². The molecule has 0 fully saturated rings. The van der Waals surface area contributed by atoms with Crippen molar-refractivity contribution in [1.82, 2.24) is 9.97 Å². The summed E-state index contributed by atoms with van der Waals surface area (Å²) in [5, 5.41) is 1.04. The number of nitrogens with one attached hydrogen (secondary N) is 1. The third kappa shape index (κ3) is 3.23. The van der Waals surface area contributed by atoms with Crippen molar-refractivity contribution in [3.05, 3.63) is 44.3 Å². The molecule has 1 N–H and O–H groups in total. The topological polar surface area (TPSA) is 64.2 Å². The molecule has 0 unspecified atom stereocenters. The predicted octanol–water partition coefficient (Wildman–Crippen LogP) is 3.06. The van der Waals surface area contributed by atoms with Gasteiger partial charge in [-0.3, -0.25) is 4.79 Å². The number of nitrogens with zero attached hydrogens (tertiary/aromatic N) is 1. The number of hydrogen-bond donors (Lipinski definition) is 1. The van der Waals surface area contributed by atoms with Crippen molar-refractivity contribution in [2.24, 2.45) is 0 Å². The van der Waals surface area contributed by atoms with Gasteiger partial charge in [0, 0.05) is 17.7 Å². The standard InChI is InChI=1S/C15H17ClN2O3S/c1-8-10(14(19)18-15(17-8)22-4)7-9-5-6-11(20-2)13(21-3)12(9)16/h5-6H,7H2,1-4H3,(H,17,18,19). The summed E-state index contributed by atoms with van der Waals surface area (Å²) in [6, 6.07) is 3.60. The summed E-state index contributed by atoms with van der Waals surface area (Å²) < 4.78 is 10.5. The number of hydrogen-bond acceptors (Lipinski definition) is 5. The van der Waals surface area contributed by atoms with Crippen LogP contribution in [0.1, 0.15) is 16.8 Å². The number of halogens is 1. The van der Waals surface area contributed by atoms with Crippen LogP contribution in [0.5, 0.6) is 11.5 Å². The second-order valence-electron chi connectivity index (χ2n) is 4.59. The molecule has 0 aliphatic heterocycles. The van der Waals surface area contributed by atoms with Crippen LogP contribution in [0.3, 0.4) is 0 Å². The van der Waals surface area contributed by atoms with Crippen LogP contribution in [0.4, 0.5) is 0 Å². The zero-order chi connectivity index (χ0) is 16.3. The van der Waals surface area contributed by atoms with Crippen LogP contribution in [0.15, 0.2) is 22.1 Å². The van der Waals surface area contributed by atoms with E-state index in [0.29, 0.717) is 39.4 Å². The van der Waals surface area contributed by atoms with E-state index in [9.17, 15) is 4.79 Å². The molecule has 22 heavy (non-hydrogen) atoms. The van der Waals surface area contributed by atoms with Gasteiger partial charge < -0.3 is 14.5 Å². The first-order valence-corrected chi connectivity index (χ1v) is 8.15. The molecule has 1 heterocycles. The molecule has 5 nitrogen and oxygen atoms in total. The molecule has 0 spiro atoms. The Balaban J connectivity index is 2.46. The molecule has 0 saturated carbocycles. The van der Waals surface area contributed by atoms with Gasteiger partial charge in [-0.1, -0.05) is 29.4 Å². The van der Waals surface area contributed by atoms with Gasteiger partial charge in [0.05, 0.1) is 19.2 Å². The third-order valence-electron chi connectivity index (χ3n) is 3.33. The molecule has 0 saturated heterocycles. The fourth-order valence-corrected chi connectivity index (χ4v) is 2.87. The Hall–Kier alpha value is -1.66. The number of aromatic nitrogens is 2. The molecule has 2 aromatic rings. The SMILES string of the molecule is COc1ccc(Cc2c(C)nc(SC)[nH]c2=O)c(Cl)c1OC.